The van der Waals surface area contributed by atoms with Gasteiger partial charge < -0.3 is 5.73 Å². The molecule has 9 heteroatoms. The number of benzene rings is 1. The summed E-state index contributed by atoms with van der Waals surface area (Å²) < 4.78 is 74.8. The molecule has 1 aromatic rings. The Labute approximate surface area is 103 Å². The van der Waals surface area contributed by atoms with E-state index in [4.69, 9.17) is 5.73 Å². The second-order valence-electron chi connectivity index (χ2n) is 3.62. The molecule has 0 spiro atoms. The molecule has 0 atom stereocenters. The van der Waals surface area contributed by atoms with Gasteiger partial charge in [0.15, 0.2) is 0 Å². The van der Waals surface area contributed by atoms with Crippen LogP contribution in [0, 0.1) is 0 Å². The molecule has 3 nitrogen and oxygen atoms in total. The molecule has 1 aromatic carbocycles. The zero-order chi connectivity index (χ0) is 14.9. The van der Waals surface area contributed by atoms with Crippen LogP contribution in [0.1, 0.15) is 5.56 Å². The third-order valence-corrected chi connectivity index (χ3v) is 2.23. The third kappa shape index (κ3) is 2.98. The first-order chi connectivity index (χ1) is 8.49. The van der Waals surface area contributed by atoms with Crippen molar-refractivity contribution in [3.63, 3.8) is 0 Å². The van der Waals surface area contributed by atoms with Crippen molar-refractivity contribution >= 4 is 5.84 Å². The topological polar surface area (TPSA) is 64.4 Å². The fourth-order valence-corrected chi connectivity index (χ4v) is 1.15. The minimum atomic E-state index is -5.81. The van der Waals surface area contributed by atoms with Crippen molar-refractivity contribution in [2.24, 2.45) is 16.5 Å². The minimum absolute atomic E-state index is 0.0918. The summed E-state index contributed by atoms with van der Waals surface area (Å²) in [4.78, 5) is 2.44. The number of nitrogens with zero attached hydrogens (tertiary/aromatic N) is 1. The predicted molar refractivity (Wildman–Crippen MR) is 56.2 cm³/mol. The van der Waals surface area contributed by atoms with Crippen LogP contribution in [0.15, 0.2) is 35.3 Å². The van der Waals surface area contributed by atoms with Gasteiger partial charge in [0.05, 0.1) is 0 Å². The summed E-state index contributed by atoms with van der Waals surface area (Å²) in [6.45, 7) is 0. The molecule has 0 amide bonds. The molecule has 0 radical (unpaired) electrons. The second kappa shape index (κ2) is 4.72. The van der Waals surface area contributed by atoms with Gasteiger partial charge in [-0.15, -0.1) is 0 Å². The van der Waals surface area contributed by atoms with E-state index in [1.807, 2.05) is 0 Å². The normalized spacial score (nSPS) is 14.6. The van der Waals surface area contributed by atoms with Crippen molar-refractivity contribution < 1.29 is 26.3 Å². The highest BCUT2D eigenvalue weighted by Crippen LogP contribution is 2.42. The number of hydrogen-bond donors (Lipinski definition) is 2. The van der Waals surface area contributed by atoms with Gasteiger partial charge in [0, 0.05) is 5.56 Å². The first kappa shape index (κ1) is 15.3. The summed E-state index contributed by atoms with van der Waals surface area (Å²) in [6, 6.07) is 6.71. The summed E-state index contributed by atoms with van der Waals surface area (Å²) in [5.41, 5.74) is 4.69. The molecule has 4 N–H and O–H groups in total. The highest BCUT2D eigenvalue weighted by molar-refractivity contribution is 5.97. The largest absolute Gasteiger partial charge is 0.436 e. The van der Waals surface area contributed by atoms with Crippen molar-refractivity contribution in [2.45, 2.75) is 18.0 Å². The molecule has 0 aliphatic heterocycles. The van der Waals surface area contributed by atoms with E-state index < -0.39 is 23.9 Å². The van der Waals surface area contributed by atoms with Crippen LogP contribution in [0.5, 0.6) is 0 Å². The molecule has 0 saturated heterocycles. The number of amidine groups is 1. The monoisotopic (exact) mass is 285 g/mol. The molecular weight excluding hydrogens is 276 g/mol. The molecule has 1 rings (SSSR count). The molecule has 0 bridgehead atoms. The lowest BCUT2D eigenvalue weighted by atomic mass is 10.1. The van der Waals surface area contributed by atoms with Gasteiger partial charge >= 0.3 is 18.0 Å². The SMILES string of the molecule is N/C(=N\C(N)(C(F)(F)F)C(F)(F)F)c1ccccc1. The van der Waals surface area contributed by atoms with E-state index >= 15 is 0 Å². The second-order valence-corrected chi connectivity index (χ2v) is 3.62. The number of aliphatic imine (C=N–C) groups is 1. The first-order valence-electron chi connectivity index (χ1n) is 4.82. The summed E-state index contributed by atoms with van der Waals surface area (Å²) in [7, 11) is 0. The maximum atomic E-state index is 12.5. The molecule has 0 unspecified atom stereocenters. The van der Waals surface area contributed by atoms with E-state index in [0.717, 1.165) is 0 Å². The zero-order valence-corrected chi connectivity index (χ0v) is 9.26. The van der Waals surface area contributed by atoms with Crippen molar-refractivity contribution in [3.8, 4) is 0 Å². The smallest absolute Gasteiger partial charge is 0.383 e. The fourth-order valence-electron chi connectivity index (χ4n) is 1.15. The van der Waals surface area contributed by atoms with E-state index in [9.17, 15) is 26.3 Å². The molecule has 0 aliphatic carbocycles. The Kier molecular flexibility index (Phi) is 3.80. The lowest BCUT2D eigenvalue weighted by Gasteiger charge is -2.30. The van der Waals surface area contributed by atoms with Gasteiger partial charge in [-0.05, 0) is 0 Å². The van der Waals surface area contributed by atoms with E-state index in [1.165, 1.54) is 30.3 Å². The number of hydrogen-bond acceptors (Lipinski definition) is 2. The molecule has 0 aliphatic rings. The van der Waals surface area contributed by atoms with Crippen LogP contribution in [0.3, 0.4) is 0 Å². The lowest BCUT2D eigenvalue weighted by Crippen LogP contribution is -2.63. The van der Waals surface area contributed by atoms with Crippen molar-refractivity contribution in [2.75, 3.05) is 0 Å². The summed E-state index contributed by atoms with van der Waals surface area (Å²) in [5, 5.41) is 0. The van der Waals surface area contributed by atoms with Gasteiger partial charge in [0.1, 0.15) is 5.84 Å². The van der Waals surface area contributed by atoms with E-state index in [-0.39, 0.29) is 5.56 Å². The number of rotatable bonds is 2. The van der Waals surface area contributed by atoms with Crippen LogP contribution < -0.4 is 11.5 Å². The van der Waals surface area contributed by atoms with E-state index in [0.29, 0.717) is 0 Å². The molecule has 106 valence electrons. The van der Waals surface area contributed by atoms with Gasteiger partial charge in [-0.3, -0.25) is 5.73 Å². The molecule has 0 heterocycles. The maximum Gasteiger partial charge on any atom is 0.436 e. The van der Waals surface area contributed by atoms with Gasteiger partial charge in [-0.25, -0.2) is 4.99 Å². The quantitative estimate of drug-likeness (QED) is 0.497. The number of alkyl halides is 6. The van der Waals surface area contributed by atoms with Gasteiger partial charge in [-0.1, -0.05) is 30.3 Å². The average Bonchev–Trinajstić information content (AvgIpc) is 2.27. The average molecular weight is 285 g/mol. The molecular formula is C10H9F6N3. The van der Waals surface area contributed by atoms with Crippen LogP contribution in [0.25, 0.3) is 0 Å². The Hall–Kier alpha value is -1.77. The summed E-state index contributed by atoms with van der Waals surface area (Å²) >= 11 is 0. The Morgan fingerprint density at radius 1 is 0.895 bits per heavy atom. The Morgan fingerprint density at radius 2 is 1.32 bits per heavy atom. The molecule has 19 heavy (non-hydrogen) atoms. The standard InChI is InChI=1S/C10H9F6N3/c11-9(12,13)8(18,10(14,15)16)19-7(17)6-4-2-1-3-5-6/h1-5H,18H2,(H2,17,19). The summed E-state index contributed by atoms with van der Waals surface area (Å²) in [6.07, 6.45) is -11.6. The van der Waals surface area contributed by atoms with Crippen molar-refractivity contribution in [3.05, 3.63) is 35.9 Å². The van der Waals surface area contributed by atoms with Crippen LogP contribution in [-0.2, 0) is 0 Å². The zero-order valence-electron chi connectivity index (χ0n) is 9.26. The van der Waals surface area contributed by atoms with Crippen LogP contribution >= 0.6 is 0 Å². The number of nitrogens with two attached hydrogens (primary N) is 2. The molecule has 0 aromatic heterocycles. The maximum absolute atomic E-state index is 12.5. The van der Waals surface area contributed by atoms with Crippen molar-refractivity contribution in [1.82, 2.24) is 0 Å². The van der Waals surface area contributed by atoms with Gasteiger partial charge in [0.25, 0.3) is 0 Å². The van der Waals surface area contributed by atoms with Gasteiger partial charge in [-0.2, -0.15) is 26.3 Å². The Balaban J connectivity index is 3.31. The highest BCUT2D eigenvalue weighted by Gasteiger charge is 2.69. The molecule has 0 fully saturated rings. The fraction of sp³-hybridized carbons (Fsp3) is 0.300. The summed E-state index contributed by atoms with van der Waals surface area (Å²) in [5.74, 6) is -0.947. The van der Waals surface area contributed by atoms with E-state index in [1.54, 1.807) is 0 Å². The Morgan fingerprint density at radius 3 is 1.68 bits per heavy atom. The third-order valence-electron chi connectivity index (χ3n) is 2.23. The first-order valence-corrected chi connectivity index (χ1v) is 4.82. The number of halogens is 6. The van der Waals surface area contributed by atoms with Gasteiger partial charge in [0.2, 0.25) is 0 Å². The highest BCUT2D eigenvalue weighted by atomic mass is 19.4. The van der Waals surface area contributed by atoms with E-state index in [2.05, 4.69) is 10.7 Å². The lowest BCUT2D eigenvalue weighted by molar-refractivity contribution is -0.293. The minimum Gasteiger partial charge on any atom is -0.383 e. The molecule has 0 saturated carbocycles. The van der Waals surface area contributed by atoms with Crippen LogP contribution in [0.2, 0.25) is 0 Å². The van der Waals surface area contributed by atoms with Crippen LogP contribution in [0.4, 0.5) is 26.3 Å². The van der Waals surface area contributed by atoms with Crippen molar-refractivity contribution in [1.29, 1.82) is 0 Å². The van der Waals surface area contributed by atoms with Crippen LogP contribution in [-0.4, -0.2) is 23.9 Å². The predicted octanol–water partition coefficient (Wildman–Crippen LogP) is 2.17. The Bertz CT molecular complexity index is 448.